The minimum atomic E-state index is -1.24. The smallest absolute Gasteiger partial charge is 0.347 e. The molecule has 2 heterocycles. The fraction of sp³-hybridized carbons (Fsp3) is 0.571. The maximum atomic E-state index is 13.5. The standard InChI is InChI=1S/C21H28N4O4/c1-22-14-7-5-13(6-8-14)11-23-17-4-2-3-15-16(17)12-25(29,21(15)28)18-9-10-19(26)24-20(18)27/h2-4,13-14,18,22-23H,5-12H2,1H3,(H,24,26,27). The summed E-state index contributed by atoms with van der Waals surface area (Å²) in [4.78, 5) is 36.6. The van der Waals surface area contributed by atoms with Crippen molar-refractivity contribution in [3.63, 3.8) is 0 Å². The number of imide groups is 1. The van der Waals surface area contributed by atoms with E-state index in [1.807, 2.05) is 13.1 Å². The van der Waals surface area contributed by atoms with E-state index in [1.54, 1.807) is 12.1 Å². The molecule has 1 aliphatic carbocycles. The number of carbonyl (C=O) groups is 3. The number of quaternary nitrogens is 1. The summed E-state index contributed by atoms with van der Waals surface area (Å²) >= 11 is 0. The lowest BCUT2D eigenvalue weighted by atomic mass is 9.86. The molecule has 2 unspecified atom stereocenters. The topological polar surface area (TPSA) is 110 Å². The van der Waals surface area contributed by atoms with Crippen LogP contribution in [0.1, 0.15) is 54.4 Å². The molecule has 2 fully saturated rings. The van der Waals surface area contributed by atoms with Crippen LogP contribution in [0.3, 0.4) is 0 Å². The highest BCUT2D eigenvalue weighted by Crippen LogP contribution is 2.38. The molecule has 8 heteroatoms. The summed E-state index contributed by atoms with van der Waals surface area (Å²) in [5.41, 5.74) is 1.87. The summed E-state index contributed by atoms with van der Waals surface area (Å²) in [6.45, 7) is 0.731. The molecule has 3 amide bonds. The summed E-state index contributed by atoms with van der Waals surface area (Å²) in [7, 11) is 2.00. The normalized spacial score (nSPS) is 32.1. The Morgan fingerprint density at radius 2 is 1.90 bits per heavy atom. The van der Waals surface area contributed by atoms with Gasteiger partial charge in [0.05, 0.1) is 5.56 Å². The van der Waals surface area contributed by atoms with Crippen molar-refractivity contribution in [2.45, 2.75) is 57.2 Å². The molecule has 156 valence electrons. The second kappa shape index (κ2) is 7.85. The average molecular weight is 400 g/mol. The fourth-order valence-electron chi connectivity index (χ4n) is 4.88. The lowest BCUT2D eigenvalue weighted by Gasteiger charge is -2.42. The number of benzene rings is 1. The molecular formula is C21H28N4O4. The molecule has 8 nitrogen and oxygen atoms in total. The van der Waals surface area contributed by atoms with Gasteiger partial charge < -0.3 is 15.8 Å². The van der Waals surface area contributed by atoms with Gasteiger partial charge >= 0.3 is 5.91 Å². The molecule has 2 aliphatic heterocycles. The number of nitrogens with zero attached hydrogens (tertiary/aromatic N) is 1. The number of carbonyl (C=O) groups excluding carboxylic acids is 3. The number of anilines is 1. The average Bonchev–Trinajstić information content (AvgIpc) is 2.98. The largest absolute Gasteiger partial charge is 0.624 e. The Labute approximate surface area is 170 Å². The minimum absolute atomic E-state index is 0.0733. The van der Waals surface area contributed by atoms with Crippen LogP contribution in [0.2, 0.25) is 0 Å². The van der Waals surface area contributed by atoms with Gasteiger partial charge in [-0.05, 0) is 50.8 Å². The van der Waals surface area contributed by atoms with E-state index in [9.17, 15) is 19.6 Å². The highest BCUT2D eigenvalue weighted by atomic mass is 16.6. The zero-order chi connectivity index (χ0) is 20.6. The maximum Gasteiger partial charge on any atom is 0.347 e. The molecular weight excluding hydrogens is 372 g/mol. The van der Waals surface area contributed by atoms with Gasteiger partial charge in [-0.1, -0.05) is 6.07 Å². The summed E-state index contributed by atoms with van der Waals surface area (Å²) < 4.78 is -1.24. The van der Waals surface area contributed by atoms with Crippen LogP contribution < -0.4 is 16.0 Å². The molecule has 0 spiro atoms. The Balaban J connectivity index is 1.48. The molecule has 1 saturated heterocycles. The van der Waals surface area contributed by atoms with Crippen LogP contribution in [0.15, 0.2) is 18.2 Å². The van der Waals surface area contributed by atoms with Crippen LogP contribution in [-0.2, 0) is 16.1 Å². The van der Waals surface area contributed by atoms with E-state index in [4.69, 9.17) is 0 Å². The molecule has 3 aliphatic rings. The number of hydroxylamine groups is 3. The monoisotopic (exact) mass is 400 g/mol. The zero-order valence-corrected chi connectivity index (χ0v) is 16.7. The van der Waals surface area contributed by atoms with E-state index in [1.165, 1.54) is 0 Å². The van der Waals surface area contributed by atoms with Gasteiger partial charge in [-0.25, -0.2) is 4.79 Å². The Morgan fingerprint density at radius 1 is 1.14 bits per heavy atom. The Morgan fingerprint density at radius 3 is 2.59 bits per heavy atom. The first kappa shape index (κ1) is 20.0. The molecule has 3 N–H and O–H groups in total. The molecule has 29 heavy (non-hydrogen) atoms. The second-order valence-corrected chi connectivity index (χ2v) is 8.44. The van der Waals surface area contributed by atoms with Crippen molar-refractivity contribution in [1.29, 1.82) is 0 Å². The number of amides is 3. The van der Waals surface area contributed by atoms with Gasteiger partial charge in [0, 0.05) is 36.7 Å². The number of hydrogen-bond donors (Lipinski definition) is 3. The number of nitrogens with one attached hydrogen (secondary N) is 3. The summed E-state index contributed by atoms with van der Waals surface area (Å²) in [5, 5.41) is 22.5. The highest BCUT2D eigenvalue weighted by molar-refractivity contribution is 6.02. The zero-order valence-electron chi connectivity index (χ0n) is 16.7. The van der Waals surface area contributed by atoms with Gasteiger partial charge in [0.25, 0.3) is 5.91 Å². The van der Waals surface area contributed by atoms with Gasteiger partial charge in [-0.15, -0.1) is 0 Å². The number of piperidine rings is 1. The molecule has 4 rings (SSSR count). The predicted octanol–water partition coefficient (Wildman–Crippen LogP) is 1.65. The van der Waals surface area contributed by atoms with Crippen LogP contribution >= 0.6 is 0 Å². The van der Waals surface area contributed by atoms with Crippen molar-refractivity contribution in [3.8, 4) is 0 Å². The predicted molar refractivity (Wildman–Crippen MR) is 108 cm³/mol. The molecule has 1 saturated carbocycles. The Hall–Kier alpha value is -2.29. The van der Waals surface area contributed by atoms with E-state index < -0.39 is 28.4 Å². The lowest BCUT2D eigenvalue weighted by molar-refractivity contribution is -0.825. The third kappa shape index (κ3) is 3.68. The highest BCUT2D eigenvalue weighted by Gasteiger charge is 2.50. The van der Waals surface area contributed by atoms with Crippen molar-refractivity contribution in [2.24, 2.45) is 5.92 Å². The van der Waals surface area contributed by atoms with E-state index in [0.717, 1.165) is 37.9 Å². The molecule has 0 aromatic heterocycles. The van der Waals surface area contributed by atoms with E-state index in [2.05, 4.69) is 16.0 Å². The van der Waals surface area contributed by atoms with Crippen LogP contribution in [0.5, 0.6) is 0 Å². The van der Waals surface area contributed by atoms with Crippen molar-refractivity contribution in [3.05, 3.63) is 34.5 Å². The van der Waals surface area contributed by atoms with Gasteiger partial charge in [-0.3, -0.25) is 19.6 Å². The summed E-state index contributed by atoms with van der Waals surface area (Å²) in [6.07, 6.45) is 4.79. The first-order valence-corrected chi connectivity index (χ1v) is 10.4. The SMILES string of the molecule is CNC1CCC(CNc2cccc3c2C[N+]([O-])(C2CCC(=O)NC2=O)C3=O)CC1. The van der Waals surface area contributed by atoms with Crippen molar-refractivity contribution in [2.75, 3.05) is 18.9 Å². The number of rotatable bonds is 5. The minimum Gasteiger partial charge on any atom is -0.624 e. The van der Waals surface area contributed by atoms with E-state index in [0.29, 0.717) is 23.1 Å². The fourth-order valence-corrected chi connectivity index (χ4v) is 4.88. The number of fused-ring (bicyclic) bond motifs is 1. The number of hydrogen-bond acceptors (Lipinski definition) is 6. The molecule has 2 atom stereocenters. The molecule has 0 radical (unpaired) electrons. The Bertz CT molecular complexity index is 834. The van der Waals surface area contributed by atoms with Gasteiger partial charge in [0.15, 0.2) is 6.04 Å². The first-order chi connectivity index (χ1) is 13.9. The Kier molecular flexibility index (Phi) is 5.42. The lowest BCUT2D eigenvalue weighted by Crippen LogP contribution is -2.60. The van der Waals surface area contributed by atoms with Gasteiger partial charge in [-0.2, -0.15) is 0 Å². The summed E-state index contributed by atoms with van der Waals surface area (Å²) in [5.74, 6) is -1.06. The van der Waals surface area contributed by atoms with Crippen LogP contribution in [0.4, 0.5) is 5.69 Å². The van der Waals surface area contributed by atoms with Gasteiger partial charge in [0.2, 0.25) is 5.91 Å². The van der Waals surface area contributed by atoms with Gasteiger partial charge in [0.1, 0.15) is 6.54 Å². The molecule has 0 bridgehead atoms. The molecule has 1 aromatic carbocycles. The van der Waals surface area contributed by atoms with Crippen LogP contribution in [-0.4, -0.2) is 48.0 Å². The first-order valence-electron chi connectivity index (χ1n) is 10.4. The van der Waals surface area contributed by atoms with E-state index in [-0.39, 0.29) is 19.4 Å². The third-order valence-corrected chi connectivity index (χ3v) is 6.69. The maximum absolute atomic E-state index is 13.5. The van der Waals surface area contributed by atoms with Crippen LogP contribution in [0, 0.1) is 11.1 Å². The quantitative estimate of drug-likeness (QED) is 0.394. The summed E-state index contributed by atoms with van der Waals surface area (Å²) in [6, 6.07) is 4.85. The van der Waals surface area contributed by atoms with Crippen molar-refractivity contribution in [1.82, 2.24) is 10.6 Å². The van der Waals surface area contributed by atoms with Crippen LogP contribution in [0.25, 0.3) is 0 Å². The van der Waals surface area contributed by atoms with Crippen molar-refractivity contribution < 1.29 is 19.0 Å². The third-order valence-electron chi connectivity index (χ3n) is 6.69. The van der Waals surface area contributed by atoms with Crippen molar-refractivity contribution >= 4 is 23.4 Å². The second-order valence-electron chi connectivity index (χ2n) is 8.44. The molecule has 1 aromatic rings. The van der Waals surface area contributed by atoms with E-state index >= 15 is 0 Å².